The first-order valence-electron chi connectivity index (χ1n) is 11.0. The molecule has 0 spiro atoms. The van der Waals surface area contributed by atoms with Crippen LogP contribution in [0.4, 0.5) is 0 Å². The molecule has 0 aliphatic carbocycles. The average molecular weight is 499 g/mol. The number of aromatic nitrogens is 1. The van der Waals surface area contributed by atoms with Gasteiger partial charge in [0.05, 0.1) is 22.4 Å². The molecular formula is C24H26N4O6S. The van der Waals surface area contributed by atoms with Crippen molar-refractivity contribution in [2.45, 2.75) is 30.9 Å². The lowest BCUT2D eigenvalue weighted by Crippen LogP contribution is -2.55. The number of nitrogens with zero attached hydrogens (tertiary/aromatic N) is 2. The number of carbonyl (C=O) groups is 2. The van der Waals surface area contributed by atoms with Crippen LogP contribution in [-0.4, -0.2) is 55.0 Å². The standard InChI is InChI=1S/C24H26N4O6S/c1-16-12-17(20-4-2-3-5-22(20)25-16)14-34-18-6-8-19(9-7-18)35(32,33)27-23-13-28(15-29)11-10-21(23)24(30)26-31/h2-9,12,15,21,23,27,31H,10-11,13-14H2,1H3,(H,26,30). The van der Waals surface area contributed by atoms with Crippen molar-refractivity contribution in [3.63, 3.8) is 0 Å². The summed E-state index contributed by atoms with van der Waals surface area (Å²) in [5, 5.41) is 9.99. The molecule has 10 nitrogen and oxygen atoms in total. The minimum atomic E-state index is -4.00. The molecule has 0 radical (unpaired) electrons. The smallest absolute Gasteiger partial charge is 0.248 e. The van der Waals surface area contributed by atoms with Crippen molar-refractivity contribution in [2.24, 2.45) is 5.92 Å². The molecule has 0 saturated carbocycles. The van der Waals surface area contributed by atoms with Crippen LogP contribution in [0.25, 0.3) is 10.9 Å². The van der Waals surface area contributed by atoms with Gasteiger partial charge in [0.2, 0.25) is 22.3 Å². The molecule has 1 saturated heterocycles. The minimum absolute atomic E-state index is 0.0126. The number of amides is 2. The Labute approximate surface area is 202 Å². The number of rotatable bonds is 8. The topological polar surface area (TPSA) is 138 Å². The molecule has 1 aromatic heterocycles. The first-order chi connectivity index (χ1) is 16.8. The highest BCUT2D eigenvalue weighted by atomic mass is 32.2. The predicted molar refractivity (Wildman–Crippen MR) is 127 cm³/mol. The summed E-state index contributed by atoms with van der Waals surface area (Å²) >= 11 is 0. The first-order valence-corrected chi connectivity index (χ1v) is 12.5. The second-order valence-electron chi connectivity index (χ2n) is 8.40. The minimum Gasteiger partial charge on any atom is -0.489 e. The van der Waals surface area contributed by atoms with Gasteiger partial charge in [0.25, 0.3) is 0 Å². The zero-order valence-electron chi connectivity index (χ0n) is 19.0. The number of fused-ring (bicyclic) bond motifs is 1. The monoisotopic (exact) mass is 498 g/mol. The molecule has 2 aromatic carbocycles. The summed E-state index contributed by atoms with van der Waals surface area (Å²) in [7, 11) is -4.00. The van der Waals surface area contributed by atoms with E-state index in [1.807, 2.05) is 37.3 Å². The second kappa shape index (κ2) is 10.4. The molecule has 2 unspecified atom stereocenters. The molecule has 3 N–H and O–H groups in total. The number of piperidine rings is 1. The van der Waals surface area contributed by atoms with Crippen molar-refractivity contribution in [2.75, 3.05) is 13.1 Å². The van der Waals surface area contributed by atoms with E-state index in [1.165, 1.54) is 17.0 Å². The zero-order chi connectivity index (χ0) is 25.0. The Bertz CT molecular complexity index is 1330. The number of sulfonamides is 1. The Hall–Kier alpha value is -3.54. The molecule has 2 heterocycles. The first kappa shape index (κ1) is 24.6. The maximum Gasteiger partial charge on any atom is 0.248 e. The molecular weight excluding hydrogens is 472 g/mol. The van der Waals surface area contributed by atoms with E-state index in [0.29, 0.717) is 12.2 Å². The molecule has 1 aliphatic rings. The summed E-state index contributed by atoms with van der Waals surface area (Å²) in [5.74, 6) is -1.03. The number of ether oxygens (including phenoxy) is 1. The Balaban J connectivity index is 1.47. The molecule has 1 aliphatic heterocycles. The van der Waals surface area contributed by atoms with Gasteiger partial charge in [-0.1, -0.05) is 18.2 Å². The third-order valence-corrected chi connectivity index (χ3v) is 7.51. The van der Waals surface area contributed by atoms with Gasteiger partial charge in [0.1, 0.15) is 12.4 Å². The third-order valence-electron chi connectivity index (χ3n) is 6.01. The van der Waals surface area contributed by atoms with E-state index in [1.54, 1.807) is 17.6 Å². The summed E-state index contributed by atoms with van der Waals surface area (Å²) in [5.41, 5.74) is 4.29. The van der Waals surface area contributed by atoms with Gasteiger partial charge < -0.3 is 9.64 Å². The normalized spacial score (nSPS) is 18.3. The number of hydroxylamine groups is 1. The van der Waals surface area contributed by atoms with Crippen LogP contribution in [0.15, 0.2) is 59.5 Å². The molecule has 2 amide bonds. The van der Waals surface area contributed by atoms with Gasteiger partial charge in [0.15, 0.2) is 0 Å². The van der Waals surface area contributed by atoms with Gasteiger partial charge >= 0.3 is 0 Å². The van der Waals surface area contributed by atoms with E-state index in [0.717, 1.165) is 22.2 Å². The van der Waals surface area contributed by atoms with Gasteiger partial charge in [-0.05, 0) is 49.7 Å². The van der Waals surface area contributed by atoms with Crippen LogP contribution in [0.5, 0.6) is 5.75 Å². The lowest BCUT2D eigenvalue weighted by atomic mass is 9.92. The van der Waals surface area contributed by atoms with Gasteiger partial charge in [-0.15, -0.1) is 0 Å². The van der Waals surface area contributed by atoms with Crippen molar-refractivity contribution in [1.82, 2.24) is 20.1 Å². The largest absolute Gasteiger partial charge is 0.489 e. The maximum atomic E-state index is 13.0. The summed E-state index contributed by atoms with van der Waals surface area (Å²) in [4.78, 5) is 29.1. The van der Waals surface area contributed by atoms with Gasteiger partial charge in [0, 0.05) is 29.7 Å². The third kappa shape index (κ3) is 5.59. The highest BCUT2D eigenvalue weighted by molar-refractivity contribution is 7.89. The maximum absolute atomic E-state index is 13.0. The molecule has 35 heavy (non-hydrogen) atoms. The Morgan fingerprint density at radius 2 is 1.97 bits per heavy atom. The van der Waals surface area contributed by atoms with Crippen molar-refractivity contribution in [3.05, 3.63) is 65.9 Å². The molecule has 2 atom stereocenters. The highest BCUT2D eigenvalue weighted by Crippen LogP contribution is 2.23. The van der Waals surface area contributed by atoms with Crippen LogP contribution in [-0.2, 0) is 26.2 Å². The lowest BCUT2D eigenvalue weighted by molar-refractivity contribution is -0.137. The van der Waals surface area contributed by atoms with E-state index >= 15 is 0 Å². The van der Waals surface area contributed by atoms with E-state index in [2.05, 4.69) is 9.71 Å². The van der Waals surface area contributed by atoms with Crippen LogP contribution in [0, 0.1) is 12.8 Å². The SMILES string of the molecule is Cc1cc(COc2ccc(S(=O)(=O)NC3CN(C=O)CCC3C(=O)NO)cc2)c2ccccc2n1. The van der Waals surface area contributed by atoms with E-state index < -0.39 is 27.9 Å². The molecule has 184 valence electrons. The molecule has 3 aromatic rings. The average Bonchev–Trinajstić information content (AvgIpc) is 2.86. The Morgan fingerprint density at radius 1 is 1.23 bits per heavy atom. The van der Waals surface area contributed by atoms with Gasteiger partial charge in [-0.2, -0.15) is 0 Å². The van der Waals surface area contributed by atoms with Crippen molar-refractivity contribution in [1.29, 1.82) is 0 Å². The Morgan fingerprint density at radius 3 is 2.69 bits per heavy atom. The lowest BCUT2D eigenvalue weighted by Gasteiger charge is -2.35. The fourth-order valence-electron chi connectivity index (χ4n) is 4.25. The fraction of sp³-hybridized carbons (Fsp3) is 0.292. The quantitative estimate of drug-likeness (QED) is 0.244. The van der Waals surface area contributed by atoms with Crippen molar-refractivity contribution < 1.29 is 28.0 Å². The summed E-state index contributed by atoms with van der Waals surface area (Å²) in [6.45, 7) is 2.51. The van der Waals surface area contributed by atoms with Crippen LogP contribution >= 0.6 is 0 Å². The molecule has 11 heteroatoms. The van der Waals surface area contributed by atoms with Gasteiger partial charge in [-0.3, -0.25) is 19.8 Å². The fourth-order valence-corrected chi connectivity index (χ4v) is 5.51. The van der Waals surface area contributed by atoms with E-state index in [4.69, 9.17) is 9.94 Å². The molecule has 1 fully saturated rings. The van der Waals surface area contributed by atoms with Crippen LogP contribution in [0.3, 0.4) is 0 Å². The van der Waals surface area contributed by atoms with E-state index in [9.17, 15) is 18.0 Å². The number of pyridine rings is 1. The van der Waals surface area contributed by atoms with Crippen molar-refractivity contribution >= 4 is 33.2 Å². The van der Waals surface area contributed by atoms with Gasteiger partial charge in [-0.25, -0.2) is 18.6 Å². The summed E-state index contributed by atoms with van der Waals surface area (Å²) in [6, 6.07) is 14.8. The zero-order valence-corrected chi connectivity index (χ0v) is 19.9. The predicted octanol–water partition coefficient (Wildman–Crippen LogP) is 1.75. The number of para-hydroxylation sites is 1. The number of aryl methyl sites for hydroxylation is 1. The Kier molecular flexibility index (Phi) is 7.29. The summed E-state index contributed by atoms with van der Waals surface area (Å²) < 4.78 is 34.3. The number of hydrogen-bond acceptors (Lipinski definition) is 7. The highest BCUT2D eigenvalue weighted by Gasteiger charge is 2.36. The molecule has 0 bridgehead atoms. The number of hydrogen-bond donors (Lipinski definition) is 3. The number of benzene rings is 2. The number of likely N-dealkylation sites (tertiary alicyclic amines) is 1. The molecule has 4 rings (SSSR count). The summed E-state index contributed by atoms with van der Waals surface area (Å²) in [6.07, 6.45) is 0.822. The second-order valence-corrected chi connectivity index (χ2v) is 10.1. The van der Waals surface area contributed by atoms with E-state index in [-0.39, 0.29) is 31.0 Å². The van der Waals surface area contributed by atoms with Crippen molar-refractivity contribution in [3.8, 4) is 5.75 Å². The number of carbonyl (C=O) groups excluding carboxylic acids is 2. The van der Waals surface area contributed by atoms with Crippen LogP contribution in [0.1, 0.15) is 17.7 Å². The van der Waals surface area contributed by atoms with Crippen LogP contribution in [0.2, 0.25) is 0 Å². The number of nitrogens with one attached hydrogen (secondary N) is 2. The van der Waals surface area contributed by atoms with Crippen LogP contribution < -0.4 is 14.9 Å².